The van der Waals surface area contributed by atoms with Crippen molar-refractivity contribution in [3.05, 3.63) is 69.7 Å². The van der Waals surface area contributed by atoms with Gasteiger partial charge in [0.25, 0.3) is 0 Å². The van der Waals surface area contributed by atoms with Crippen LogP contribution >= 0.6 is 11.6 Å². The molecule has 32 heavy (non-hydrogen) atoms. The number of carbonyl (C=O) groups is 1. The number of nitrogens with zero attached hydrogens (tertiary/aromatic N) is 2. The first-order valence-corrected chi connectivity index (χ1v) is 10.5. The van der Waals surface area contributed by atoms with E-state index in [1.54, 1.807) is 38.1 Å². The Hall–Kier alpha value is -2.61. The minimum absolute atomic E-state index is 0.0253. The van der Waals surface area contributed by atoms with Gasteiger partial charge in [0.1, 0.15) is 0 Å². The molecule has 2 aromatic carbocycles. The molecule has 0 bridgehead atoms. The second-order valence-corrected chi connectivity index (χ2v) is 8.85. The number of halogens is 5. The molecule has 4 nitrogen and oxygen atoms in total. The molecule has 2 aliphatic heterocycles. The van der Waals surface area contributed by atoms with Crippen LogP contribution in [0.25, 0.3) is 0 Å². The third kappa shape index (κ3) is 4.08. The number of alkyl halides is 4. The van der Waals surface area contributed by atoms with Crippen molar-refractivity contribution >= 4 is 23.2 Å². The lowest BCUT2D eigenvalue weighted by molar-refractivity contribution is -0.145. The van der Waals surface area contributed by atoms with Crippen LogP contribution in [0.2, 0.25) is 5.02 Å². The number of likely N-dealkylation sites (tertiary alicyclic amines) is 1. The highest BCUT2D eigenvalue weighted by molar-refractivity contribution is 6.30. The number of hydrogen-bond donors (Lipinski definition) is 0. The molecule has 4 rings (SSSR count). The van der Waals surface area contributed by atoms with Gasteiger partial charge in [0.05, 0.1) is 24.4 Å². The van der Waals surface area contributed by atoms with Crippen LogP contribution in [0.1, 0.15) is 48.9 Å². The Kier molecular flexibility index (Phi) is 5.48. The molecular weight excluding hydrogens is 448 g/mol. The molecule has 2 aromatic rings. The Bertz CT molecular complexity index is 1080. The third-order valence-corrected chi connectivity index (χ3v) is 6.19. The fraction of sp³-hybridized carbons (Fsp3) is 0.391. The highest BCUT2D eigenvalue weighted by atomic mass is 35.5. The molecule has 0 N–H and O–H groups in total. The third-order valence-electron chi connectivity index (χ3n) is 5.97. The summed E-state index contributed by atoms with van der Waals surface area (Å²) in [4.78, 5) is 18.7. The number of carbonyl (C=O) groups excluding carboxylic acids is 1. The molecule has 0 saturated carbocycles. The first kappa shape index (κ1) is 22.6. The van der Waals surface area contributed by atoms with E-state index in [9.17, 15) is 18.0 Å². The van der Waals surface area contributed by atoms with Crippen LogP contribution in [0.4, 0.5) is 17.6 Å². The zero-order valence-corrected chi connectivity index (χ0v) is 18.2. The summed E-state index contributed by atoms with van der Waals surface area (Å²) in [5.74, 6) is -0.0821. The van der Waals surface area contributed by atoms with Crippen molar-refractivity contribution in [2.24, 2.45) is 5.16 Å². The van der Waals surface area contributed by atoms with Gasteiger partial charge in [-0.3, -0.25) is 4.79 Å². The van der Waals surface area contributed by atoms with Crippen molar-refractivity contribution < 1.29 is 27.2 Å². The van der Waals surface area contributed by atoms with Crippen molar-refractivity contribution in [2.45, 2.75) is 44.1 Å². The van der Waals surface area contributed by atoms with Crippen LogP contribution in [0.5, 0.6) is 0 Å². The summed E-state index contributed by atoms with van der Waals surface area (Å²) in [7, 11) is 0. The van der Waals surface area contributed by atoms with Crippen LogP contribution in [0.15, 0.2) is 47.6 Å². The molecular formula is C23H21ClF4N2O2. The summed E-state index contributed by atoms with van der Waals surface area (Å²) in [5.41, 5.74) is -1.60. The fourth-order valence-electron chi connectivity index (χ4n) is 4.01. The van der Waals surface area contributed by atoms with E-state index in [1.165, 1.54) is 11.0 Å². The highest BCUT2D eigenvalue weighted by Gasteiger charge is 2.47. The van der Waals surface area contributed by atoms with Crippen molar-refractivity contribution in [1.29, 1.82) is 0 Å². The Morgan fingerprint density at radius 2 is 1.81 bits per heavy atom. The summed E-state index contributed by atoms with van der Waals surface area (Å²) in [6.45, 7) is 3.43. The Balaban J connectivity index is 1.49. The van der Waals surface area contributed by atoms with Gasteiger partial charge in [0.2, 0.25) is 5.91 Å². The van der Waals surface area contributed by atoms with Gasteiger partial charge in [0.15, 0.2) is 11.3 Å². The number of amides is 1. The number of oxime groups is 1. The topological polar surface area (TPSA) is 41.9 Å². The predicted octanol–water partition coefficient (Wildman–Crippen LogP) is 5.82. The summed E-state index contributed by atoms with van der Waals surface area (Å²) >= 11 is 5.92. The molecule has 1 amide bonds. The molecule has 1 fully saturated rings. The molecule has 2 heterocycles. The summed E-state index contributed by atoms with van der Waals surface area (Å²) in [5, 5.41) is 4.04. The van der Waals surface area contributed by atoms with Crippen molar-refractivity contribution in [3.8, 4) is 0 Å². The maximum atomic E-state index is 15.1. The Labute approximate surface area is 187 Å². The lowest BCUT2D eigenvalue weighted by atomic mass is 9.85. The van der Waals surface area contributed by atoms with Crippen molar-refractivity contribution in [3.63, 3.8) is 0 Å². The number of benzene rings is 2. The molecule has 2 aliphatic rings. The lowest BCUT2D eigenvalue weighted by Crippen LogP contribution is -2.58. The maximum absolute atomic E-state index is 15.1. The second-order valence-electron chi connectivity index (χ2n) is 8.41. The van der Waals surface area contributed by atoms with Gasteiger partial charge >= 0.3 is 6.18 Å². The fourth-order valence-corrected chi connectivity index (χ4v) is 4.25. The average Bonchev–Trinajstić information content (AvgIpc) is 3.13. The van der Waals surface area contributed by atoms with E-state index in [-0.39, 0.29) is 36.0 Å². The Morgan fingerprint density at radius 1 is 1.16 bits per heavy atom. The molecule has 0 radical (unpaired) electrons. The first-order chi connectivity index (χ1) is 14.9. The van der Waals surface area contributed by atoms with Gasteiger partial charge in [-0.15, -0.1) is 0 Å². The van der Waals surface area contributed by atoms with E-state index < -0.39 is 23.0 Å². The number of hydrogen-bond acceptors (Lipinski definition) is 3. The smallest absolute Gasteiger partial charge is 0.384 e. The van der Waals surface area contributed by atoms with E-state index in [0.29, 0.717) is 23.3 Å². The van der Waals surface area contributed by atoms with Crippen LogP contribution < -0.4 is 0 Å². The summed E-state index contributed by atoms with van der Waals surface area (Å²) in [6.07, 6.45) is -3.97. The van der Waals surface area contributed by atoms with Crippen LogP contribution in [0, 0.1) is 0 Å². The van der Waals surface area contributed by atoms with Crippen molar-refractivity contribution in [1.82, 2.24) is 4.90 Å². The molecule has 170 valence electrons. The largest absolute Gasteiger partial charge is 0.416 e. The summed E-state index contributed by atoms with van der Waals surface area (Å²) in [6, 6.07) is 10.0. The SMILES string of the molecule is CCC(=O)N1CC(F)(c2ccc(C3=NOC(C)(c4cc(Cl)cc(C(F)(F)F)c4)C3)cc2)C1. The van der Waals surface area contributed by atoms with Gasteiger partial charge < -0.3 is 9.74 Å². The van der Waals surface area contributed by atoms with Gasteiger partial charge in [-0.1, -0.05) is 47.9 Å². The molecule has 0 aliphatic carbocycles. The standard InChI is InChI=1S/C23H21ClF4N2O2/c1-3-20(31)30-12-22(25,13-30)15-6-4-14(5-7-15)19-11-21(2,32-29-19)16-8-17(23(26,27)28)10-18(24)9-16/h4-10H,3,11-13H2,1-2H3. The predicted molar refractivity (Wildman–Crippen MR) is 112 cm³/mol. The maximum Gasteiger partial charge on any atom is 0.416 e. The molecule has 1 unspecified atom stereocenters. The van der Waals surface area contributed by atoms with E-state index in [0.717, 1.165) is 12.1 Å². The quantitative estimate of drug-likeness (QED) is 0.531. The van der Waals surface area contributed by atoms with Gasteiger partial charge in [-0.05, 0) is 36.2 Å². The van der Waals surface area contributed by atoms with E-state index >= 15 is 4.39 Å². The van der Waals surface area contributed by atoms with Crippen LogP contribution in [0.3, 0.4) is 0 Å². The summed E-state index contributed by atoms with van der Waals surface area (Å²) < 4.78 is 54.6. The number of rotatable bonds is 4. The molecule has 0 spiro atoms. The average molecular weight is 469 g/mol. The monoisotopic (exact) mass is 468 g/mol. The van der Waals surface area contributed by atoms with E-state index in [2.05, 4.69) is 5.16 Å². The van der Waals surface area contributed by atoms with Crippen LogP contribution in [-0.2, 0) is 27.1 Å². The Morgan fingerprint density at radius 3 is 2.41 bits per heavy atom. The molecule has 0 aromatic heterocycles. The van der Waals surface area contributed by atoms with Gasteiger partial charge in [0, 0.05) is 23.4 Å². The lowest BCUT2D eigenvalue weighted by Gasteiger charge is -2.44. The first-order valence-electron chi connectivity index (χ1n) is 10.1. The zero-order chi connectivity index (χ0) is 23.3. The van der Waals surface area contributed by atoms with E-state index in [1.807, 2.05) is 0 Å². The van der Waals surface area contributed by atoms with Crippen LogP contribution in [-0.4, -0.2) is 29.6 Å². The highest BCUT2D eigenvalue weighted by Crippen LogP contribution is 2.41. The molecule has 1 saturated heterocycles. The van der Waals surface area contributed by atoms with Gasteiger partial charge in [-0.2, -0.15) is 13.2 Å². The zero-order valence-electron chi connectivity index (χ0n) is 17.5. The normalized spacial score (nSPS) is 22.2. The molecule has 1 atom stereocenters. The second kappa shape index (κ2) is 7.76. The van der Waals surface area contributed by atoms with Gasteiger partial charge in [-0.25, -0.2) is 4.39 Å². The van der Waals surface area contributed by atoms with E-state index in [4.69, 9.17) is 16.4 Å². The minimum Gasteiger partial charge on any atom is -0.384 e. The minimum atomic E-state index is -4.53. The van der Waals surface area contributed by atoms with Crippen molar-refractivity contribution in [2.75, 3.05) is 13.1 Å². The molecule has 9 heteroatoms.